The molecular formula is C31H37ClN4O4S2. The zero-order valence-corrected chi connectivity index (χ0v) is 26.1. The summed E-state index contributed by atoms with van der Waals surface area (Å²) in [6.07, 6.45) is 7.58. The number of halogens is 1. The molecule has 8 nitrogen and oxygen atoms in total. The number of rotatable bonds is 8. The molecule has 1 saturated heterocycles. The van der Waals surface area contributed by atoms with Crippen molar-refractivity contribution in [2.24, 2.45) is 0 Å². The predicted molar refractivity (Wildman–Crippen MR) is 166 cm³/mol. The van der Waals surface area contributed by atoms with Gasteiger partial charge in [-0.2, -0.15) is 4.31 Å². The quantitative estimate of drug-likeness (QED) is 0.327. The topological polar surface area (TPSA) is 108 Å². The predicted octanol–water partition coefficient (Wildman–Crippen LogP) is 4.97. The lowest BCUT2D eigenvalue weighted by Crippen LogP contribution is -2.58. The Labute approximate surface area is 256 Å². The van der Waals surface area contributed by atoms with Crippen molar-refractivity contribution in [2.75, 3.05) is 13.1 Å². The largest absolute Gasteiger partial charge is 0.353 e. The van der Waals surface area contributed by atoms with Gasteiger partial charge in [0.1, 0.15) is 10.3 Å². The first-order valence-corrected chi connectivity index (χ1v) is 17.5. The molecule has 2 atom stereocenters. The molecule has 2 aromatic carbocycles. The Morgan fingerprint density at radius 3 is 2.74 bits per heavy atom. The molecule has 0 spiro atoms. The fourth-order valence-corrected chi connectivity index (χ4v) is 10.3. The van der Waals surface area contributed by atoms with Crippen molar-refractivity contribution >= 4 is 54.9 Å². The standard InChI is InChI=1S/C31H37ClN4O4S2/c1-19-25-16-22(32)10-12-28(25)41-31(19)42(39,40)36-14-13-33-30(38)27(36)17-29(37)35-26-8-4-5-21-15-20(9-11-24(21)26)18-34-23-6-2-3-7-23/h9-12,15-16,23,26-27,34H,2-8,13-14,17-18H2,1H3,(H,33,38)(H,35,37)/t26-,27-/m1/s1. The molecule has 224 valence electrons. The highest BCUT2D eigenvalue weighted by Crippen LogP contribution is 2.38. The fraction of sp³-hybridized carbons (Fsp3) is 0.484. The lowest BCUT2D eigenvalue weighted by atomic mass is 9.86. The number of amides is 2. The number of nitrogens with one attached hydrogen (secondary N) is 3. The number of thiophene rings is 1. The minimum Gasteiger partial charge on any atom is -0.353 e. The molecule has 0 unspecified atom stereocenters. The molecule has 3 aliphatic rings. The van der Waals surface area contributed by atoms with Crippen LogP contribution < -0.4 is 16.0 Å². The van der Waals surface area contributed by atoms with Crippen LogP contribution >= 0.6 is 22.9 Å². The maximum Gasteiger partial charge on any atom is 0.253 e. The van der Waals surface area contributed by atoms with Gasteiger partial charge in [-0.25, -0.2) is 8.42 Å². The third-order valence-corrected chi connectivity index (χ3v) is 12.9. The van der Waals surface area contributed by atoms with Crippen molar-refractivity contribution in [3.63, 3.8) is 0 Å². The van der Waals surface area contributed by atoms with Gasteiger partial charge in [-0.05, 0) is 84.9 Å². The van der Waals surface area contributed by atoms with Gasteiger partial charge < -0.3 is 16.0 Å². The van der Waals surface area contributed by atoms with Gasteiger partial charge in [0.15, 0.2) is 0 Å². The normalized spacial score (nSPS) is 21.8. The molecule has 1 aliphatic heterocycles. The number of aryl methyl sites for hydroxylation is 2. The van der Waals surface area contributed by atoms with E-state index in [-0.39, 0.29) is 35.7 Å². The van der Waals surface area contributed by atoms with Crippen molar-refractivity contribution in [1.29, 1.82) is 0 Å². The summed E-state index contributed by atoms with van der Waals surface area (Å²) in [6, 6.07) is 11.1. The van der Waals surface area contributed by atoms with Crippen molar-refractivity contribution in [1.82, 2.24) is 20.3 Å². The second kappa shape index (κ2) is 12.2. The second-order valence-corrected chi connectivity index (χ2v) is 15.3. The van der Waals surface area contributed by atoms with E-state index in [0.29, 0.717) is 16.6 Å². The Kier molecular flexibility index (Phi) is 8.62. The summed E-state index contributed by atoms with van der Waals surface area (Å²) in [5.41, 5.74) is 4.21. The molecule has 6 rings (SSSR count). The van der Waals surface area contributed by atoms with Gasteiger partial charge >= 0.3 is 0 Å². The molecule has 3 N–H and O–H groups in total. The highest BCUT2D eigenvalue weighted by Gasteiger charge is 2.41. The summed E-state index contributed by atoms with van der Waals surface area (Å²) in [5, 5.41) is 10.8. The third-order valence-electron chi connectivity index (χ3n) is 8.86. The van der Waals surface area contributed by atoms with Gasteiger partial charge in [0.05, 0.1) is 12.5 Å². The second-order valence-electron chi connectivity index (χ2n) is 11.7. The average molecular weight is 629 g/mol. The summed E-state index contributed by atoms with van der Waals surface area (Å²) >= 11 is 7.33. The van der Waals surface area contributed by atoms with Crippen LogP contribution in [0.1, 0.15) is 73.2 Å². The maximum atomic E-state index is 13.9. The number of hydrogen-bond acceptors (Lipinski definition) is 6. The van der Waals surface area contributed by atoms with Gasteiger partial charge in [-0.15, -0.1) is 11.3 Å². The van der Waals surface area contributed by atoms with E-state index in [1.54, 1.807) is 25.1 Å². The van der Waals surface area contributed by atoms with E-state index in [9.17, 15) is 18.0 Å². The highest BCUT2D eigenvalue weighted by molar-refractivity contribution is 7.91. The number of sulfonamides is 1. The minimum absolute atomic E-state index is 0.102. The maximum absolute atomic E-state index is 13.9. The van der Waals surface area contributed by atoms with Crippen LogP contribution in [-0.4, -0.2) is 49.7 Å². The van der Waals surface area contributed by atoms with Crippen LogP contribution in [0.15, 0.2) is 40.6 Å². The number of piperazine rings is 1. The molecular weight excluding hydrogens is 592 g/mol. The molecule has 1 saturated carbocycles. The SMILES string of the molecule is Cc1c(S(=O)(=O)N2CCNC(=O)[C@H]2CC(=O)N[C@@H]2CCCc3cc(CNC4CCCC4)ccc32)sc2ccc(Cl)cc12. The first-order valence-electron chi connectivity index (χ1n) is 14.8. The number of hydrogen-bond donors (Lipinski definition) is 3. The highest BCUT2D eigenvalue weighted by atomic mass is 35.5. The van der Waals surface area contributed by atoms with E-state index in [2.05, 4.69) is 34.1 Å². The Hall–Kier alpha value is -2.50. The first-order chi connectivity index (χ1) is 20.2. The van der Waals surface area contributed by atoms with E-state index in [1.807, 2.05) is 0 Å². The summed E-state index contributed by atoms with van der Waals surface area (Å²) < 4.78 is 30.0. The lowest BCUT2D eigenvalue weighted by molar-refractivity contribution is -0.132. The molecule has 0 bridgehead atoms. The van der Waals surface area contributed by atoms with Gasteiger partial charge in [-0.3, -0.25) is 9.59 Å². The molecule has 11 heteroatoms. The Bertz CT molecular complexity index is 1620. The van der Waals surface area contributed by atoms with Crippen LogP contribution in [0.5, 0.6) is 0 Å². The number of carbonyl (C=O) groups is 2. The average Bonchev–Trinajstić information content (AvgIpc) is 3.61. The van der Waals surface area contributed by atoms with E-state index in [0.717, 1.165) is 52.8 Å². The van der Waals surface area contributed by atoms with E-state index < -0.39 is 22.0 Å². The molecule has 2 aliphatic carbocycles. The van der Waals surface area contributed by atoms with Gasteiger partial charge in [0.25, 0.3) is 10.0 Å². The number of benzene rings is 2. The lowest BCUT2D eigenvalue weighted by Gasteiger charge is -2.34. The van der Waals surface area contributed by atoms with Crippen molar-refractivity contribution in [3.8, 4) is 0 Å². The number of nitrogens with zero attached hydrogens (tertiary/aromatic N) is 1. The van der Waals surface area contributed by atoms with E-state index >= 15 is 0 Å². The Balaban J connectivity index is 1.17. The molecule has 42 heavy (non-hydrogen) atoms. The van der Waals surface area contributed by atoms with Crippen molar-refractivity contribution < 1.29 is 18.0 Å². The van der Waals surface area contributed by atoms with E-state index in [1.165, 1.54) is 41.1 Å². The molecule has 3 aromatic rings. The minimum atomic E-state index is -4.03. The zero-order chi connectivity index (χ0) is 29.4. The molecule has 1 aromatic heterocycles. The van der Waals surface area contributed by atoms with Crippen LogP contribution in [0.3, 0.4) is 0 Å². The van der Waals surface area contributed by atoms with Crippen LogP contribution in [0.4, 0.5) is 0 Å². The molecule has 2 heterocycles. The molecule has 0 radical (unpaired) electrons. The Morgan fingerprint density at radius 2 is 1.93 bits per heavy atom. The first kappa shape index (κ1) is 29.6. The van der Waals surface area contributed by atoms with Crippen LogP contribution in [0.25, 0.3) is 10.1 Å². The van der Waals surface area contributed by atoms with Gasteiger partial charge in [0.2, 0.25) is 11.8 Å². The van der Waals surface area contributed by atoms with Crippen molar-refractivity contribution in [2.45, 2.75) is 87.2 Å². The summed E-state index contributed by atoms with van der Waals surface area (Å²) in [7, 11) is -4.03. The van der Waals surface area contributed by atoms with Crippen LogP contribution in [0, 0.1) is 6.92 Å². The molecule has 2 fully saturated rings. The van der Waals surface area contributed by atoms with Crippen LogP contribution in [-0.2, 0) is 32.6 Å². The van der Waals surface area contributed by atoms with Gasteiger partial charge in [0, 0.05) is 35.4 Å². The Morgan fingerprint density at radius 1 is 1.12 bits per heavy atom. The number of carbonyl (C=O) groups excluding carboxylic acids is 2. The number of fused-ring (bicyclic) bond motifs is 2. The third kappa shape index (κ3) is 5.97. The summed E-state index contributed by atoms with van der Waals surface area (Å²) in [6.45, 7) is 2.90. The van der Waals surface area contributed by atoms with E-state index in [4.69, 9.17) is 11.6 Å². The monoisotopic (exact) mass is 628 g/mol. The van der Waals surface area contributed by atoms with Crippen LogP contribution in [0.2, 0.25) is 5.02 Å². The smallest absolute Gasteiger partial charge is 0.253 e. The molecule has 2 amide bonds. The summed E-state index contributed by atoms with van der Waals surface area (Å²) in [5.74, 6) is -0.785. The van der Waals surface area contributed by atoms with Crippen molar-refractivity contribution in [3.05, 3.63) is 63.7 Å². The summed E-state index contributed by atoms with van der Waals surface area (Å²) in [4.78, 5) is 26.4. The zero-order valence-electron chi connectivity index (χ0n) is 23.7. The fourth-order valence-electron chi connectivity index (χ4n) is 6.65. The van der Waals surface area contributed by atoms with Gasteiger partial charge in [-0.1, -0.05) is 42.6 Å².